The molecule has 0 bridgehead atoms. The SMILES string of the molecule is Cc1ccc(NC(=O)CCc2cnn(C)c2)c(C(=O)O)c1. The van der Waals surface area contributed by atoms with Crippen LogP contribution in [0.2, 0.25) is 0 Å². The van der Waals surface area contributed by atoms with Crippen LogP contribution >= 0.6 is 0 Å². The summed E-state index contributed by atoms with van der Waals surface area (Å²) in [7, 11) is 1.81. The van der Waals surface area contributed by atoms with Gasteiger partial charge in [-0.15, -0.1) is 0 Å². The summed E-state index contributed by atoms with van der Waals surface area (Å²) >= 11 is 0. The molecule has 0 aliphatic heterocycles. The average molecular weight is 287 g/mol. The van der Waals surface area contributed by atoms with Gasteiger partial charge >= 0.3 is 5.97 Å². The van der Waals surface area contributed by atoms with Gasteiger partial charge in [-0.25, -0.2) is 4.79 Å². The van der Waals surface area contributed by atoms with E-state index >= 15 is 0 Å². The molecule has 1 amide bonds. The van der Waals surface area contributed by atoms with Crippen LogP contribution in [0, 0.1) is 6.92 Å². The van der Waals surface area contributed by atoms with Crippen molar-refractivity contribution in [1.82, 2.24) is 9.78 Å². The lowest BCUT2D eigenvalue weighted by atomic mass is 10.1. The van der Waals surface area contributed by atoms with Crippen molar-refractivity contribution in [3.05, 3.63) is 47.3 Å². The number of hydrogen-bond donors (Lipinski definition) is 2. The van der Waals surface area contributed by atoms with Gasteiger partial charge in [0, 0.05) is 19.7 Å². The van der Waals surface area contributed by atoms with Gasteiger partial charge in [0.15, 0.2) is 0 Å². The van der Waals surface area contributed by atoms with Gasteiger partial charge in [-0.05, 0) is 31.0 Å². The van der Waals surface area contributed by atoms with E-state index in [4.69, 9.17) is 5.11 Å². The number of anilines is 1. The molecule has 110 valence electrons. The van der Waals surface area contributed by atoms with E-state index in [1.54, 1.807) is 36.0 Å². The van der Waals surface area contributed by atoms with Crippen LogP contribution in [-0.2, 0) is 18.3 Å². The molecule has 0 radical (unpaired) electrons. The molecule has 1 heterocycles. The van der Waals surface area contributed by atoms with Crippen molar-refractivity contribution in [3.8, 4) is 0 Å². The van der Waals surface area contributed by atoms with Crippen molar-refractivity contribution in [3.63, 3.8) is 0 Å². The van der Waals surface area contributed by atoms with Crippen molar-refractivity contribution in [2.24, 2.45) is 7.05 Å². The Morgan fingerprint density at radius 3 is 2.76 bits per heavy atom. The molecule has 0 unspecified atom stereocenters. The summed E-state index contributed by atoms with van der Waals surface area (Å²) in [5.74, 6) is -1.27. The third kappa shape index (κ3) is 3.92. The van der Waals surface area contributed by atoms with Crippen molar-refractivity contribution < 1.29 is 14.7 Å². The molecule has 0 saturated heterocycles. The molecule has 0 saturated carbocycles. The second-order valence-corrected chi connectivity index (χ2v) is 4.92. The van der Waals surface area contributed by atoms with Crippen molar-refractivity contribution >= 4 is 17.6 Å². The molecular formula is C15H17N3O3. The maximum Gasteiger partial charge on any atom is 0.337 e. The lowest BCUT2D eigenvalue weighted by molar-refractivity contribution is -0.116. The van der Waals surface area contributed by atoms with Gasteiger partial charge < -0.3 is 10.4 Å². The number of carbonyl (C=O) groups excluding carboxylic acids is 1. The first-order chi connectivity index (χ1) is 9.95. The zero-order valence-corrected chi connectivity index (χ0v) is 12.0. The van der Waals surface area contributed by atoms with Gasteiger partial charge in [0.05, 0.1) is 17.4 Å². The Morgan fingerprint density at radius 2 is 2.14 bits per heavy atom. The normalized spacial score (nSPS) is 10.4. The molecule has 1 aromatic heterocycles. The number of aromatic nitrogens is 2. The Hall–Kier alpha value is -2.63. The second kappa shape index (κ2) is 6.21. The number of aromatic carboxylic acids is 1. The van der Waals surface area contributed by atoms with Crippen LogP contribution < -0.4 is 5.32 Å². The highest BCUT2D eigenvalue weighted by Gasteiger charge is 2.12. The van der Waals surface area contributed by atoms with Crippen molar-refractivity contribution in [2.45, 2.75) is 19.8 Å². The molecule has 0 fully saturated rings. The van der Waals surface area contributed by atoms with E-state index in [2.05, 4.69) is 10.4 Å². The number of carboxylic acid groups (broad SMARTS) is 1. The number of amides is 1. The minimum absolute atomic E-state index is 0.102. The number of nitrogens with zero attached hydrogens (tertiary/aromatic N) is 2. The summed E-state index contributed by atoms with van der Waals surface area (Å²) in [4.78, 5) is 23.1. The predicted octanol–water partition coefficient (Wildman–Crippen LogP) is 2.00. The predicted molar refractivity (Wildman–Crippen MR) is 78.3 cm³/mol. The first-order valence-electron chi connectivity index (χ1n) is 6.57. The van der Waals surface area contributed by atoms with Crippen LogP contribution in [0.25, 0.3) is 0 Å². The fraction of sp³-hybridized carbons (Fsp3) is 0.267. The molecule has 0 aliphatic rings. The highest BCUT2D eigenvalue weighted by Crippen LogP contribution is 2.18. The molecule has 1 aromatic carbocycles. The van der Waals surface area contributed by atoms with Gasteiger partial charge in [-0.1, -0.05) is 11.6 Å². The Kier molecular flexibility index (Phi) is 4.37. The smallest absolute Gasteiger partial charge is 0.337 e. The summed E-state index contributed by atoms with van der Waals surface area (Å²) in [6.45, 7) is 1.81. The third-order valence-electron chi connectivity index (χ3n) is 3.08. The van der Waals surface area contributed by atoms with Crippen LogP contribution in [-0.4, -0.2) is 26.8 Å². The quantitative estimate of drug-likeness (QED) is 0.881. The second-order valence-electron chi connectivity index (χ2n) is 4.92. The molecule has 0 aliphatic carbocycles. The molecular weight excluding hydrogens is 270 g/mol. The minimum atomic E-state index is -1.05. The highest BCUT2D eigenvalue weighted by atomic mass is 16.4. The Morgan fingerprint density at radius 1 is 1.38 bits per heavy atom. The summed E-state index contributed by atoms with van der Waals surface area (Å²) in [6.07, 6.45) is 4.40. The number of rotatable bonds is 5. The first-order valence-corrected chi connectivity index (χ1v) is 6.57. The first kappa shape index (κ1) is 14.8. The minimum Gasteiger partial charge on any atom is -0.478 e. The standard InChI is InChI=1S/C15H17N3O3/c1-10-3-5-13(12(7-10)15(20)21)17-14(19)6-4-11-8-16-18(2)9-11/h3,5,7-9H,4,6H2,1-2H3,(H,17,19)(H,20,21). The van der Waals surface area contributed by atoms with Crippen LogP contribution in [0.15, 0.2) is 30.6 Å². The molecule has 0 spiro atoms. The summed E-state index contributed by atoms with van der Waals surface area (Å²) in [5, 5.41) is 15.8. The van der Waals surface area contributed by atoms with Gasteiger partial charge in [-0.2, -0.15) is 5.10 Å². The summed E-state index contributed by atoms with van der Waals surface area (Å²) in [5.41, 5.74) is 2.23. The Labute approximate surface area is 122 Å². The van der Waals surface area contributed by atoms with E-state index < -0.39 is 5.97 Å². The number of carbonyl (C=O) groups is 2. The van der Waals surface area contributed by atoms with E-state index in [0.29, 0.717) is 12.1 Å². The lowest BCUT2D eigenvalue weighted by Crippen LogP contribution is -2.15. The fourth-order valence-corrected chi connectivity index (χ4v) is 2.02. The monoisotopic (exact) mass is 287 g/mol. The van der Waals surface area contributed by atoms with E-state index in [1.807, 2.05) is 13.2 Å². The topological polar surface area (TPSA) is 84.2 Å². The van der Waals surface area contributed by atoms with Gasteiger partial charge in [0.2, 0.25) is 5.91 Å². The Balaban J connectivity index is 2.01. The fourth-order valence-electron chi connectivity index (χ4n) is 2.02. The van der Waals surface area contributed by atoms with E-state index in [9.17, 15) is 9.59 Å². The van der Waals surface area contributed by atoms with E-state index in [-0.39, 0.29) is 17.9 Å². The molecule has 0 atom stereocenters. The zero-order chi connectivity index (χ0) is 15.4. The summed E-state index contributed by atoms with van der Waals surface area (Å²) < 4.78 is 1.68. The largest absolute Gasteiger partial charge is 0.478 e. The summed E-state index contributed by atoms with van der Waals surface area (Å²) in [6, 6.07) is 4.92. The van der Waals surface area contributed by atoms with Crippen LogP contribution in [0.3, 0.4) is 0 Å². The van der Waals surface area contributed by atoms with Crippen LogP contribution in [0.5, 0.6) is 0 Å². The van der Waals surface area contributed by atoms with Gasteiger partial charge in [0.1, 0.15) is 0 Å². The number of nitrogens with one attached hydrogen (secondary N) is 1. The van der Waals surface area contributed by atoms with Gasteiger partial charge in [0.25, 0.3) is 0 Å². The molecule has 6 heteroatoms. The number of carboxylic acids is 1. The third-order valence-corrected chi connectivity index (χ3v) is 3.08. The molecule has 2 N–H and O–H groups in total. The van der Waals surface area contributed by atoms with Crippen LogP contribution in [0.1, 0.15) is 27.9 Å². The highest BCUT2D eigenvalue weighted by molar-refractivity contribution is 6.00. The zero-order valence-electron chi connectivity index (χ0n) is 12.0. The number of aryl methyl sites for hydroxylation is 3. The maximum atomic E-state index is 11.9. The molecule has 21 heavy (non-hydrogen) atoms. The Bertz CT molecular complexity index is 677. The number of hydrogen-bond acceptors (Lipinski definition) is 3. The van der Waals surface area contributed by atoms with Crippen molar-refractivity contribution in [1.29, 1.82) is 0 Å². The van der Waals surface area contributed by atoms with Gasteiger partial charge in [-0.3, -0.25) is 9.48 Å². The van der Waals surface area contributed by atoms with E-state index in [0.717, 1.165) is 11.1 Å². The lowest BCUT2D eigenvalue weighted by Gasteiger charge is -2.09. The van der Waals surface area contributed by atoms with E-state index in [1.165, 1.54) is 0 Å². The maximum absolute atomic E-state index is 11.9. The van der Waals surface area contributed by atoms with Crippen molar-refractivity contribution in [2.75, 3.05) is 5.32 Å². The molecule has 6 nitrogen and oxygen atoms in total. The average Bonchev–Trinajstić information content (AvgIpc) is 2.84. The molecule has 2 rings (SSSR count). The van der Waals surface area contributed by atoms with Crippen LogP contribution in [0.4, 0.5) is 5.69 Å². The number of benzene rings is 1. The molecule has 2 aromatic rings.